The molecule has 0 aromatic heterocycles. The fraction of sp³-hybridized carbons (Fsp3) is 0.714. The fourth-order valence-electron chi connectivity index (χ4n) is 3.82. The van der Waals surface area contributed by atoms with E-state index in [0.29, 0.717) is 0 Å². The molecule has 1 amide bonds. The number of allylic oxidation sites excluding steroid dienone is 2. The maximum absolute atomic E-state index is 12.5. The molecule has 1 aliphatic heterocycles. The third-order valence-corrected chi connectivity index (χ3v) is 4.70. The summed E-state index contributed by atoms with van der Waals surface area (Å²) in [4.78, 5) is 25.8. The Labute approximate surface area is 107 Å². The summed E-state index contributed by atoms with van der Waals surface area (Å²) in [6, 6.07) is 0. The van der Waals surface area contributed by atoms with Crippen molar-refractivity contribution in [3.63, 3.8) is 0 Å². The van der Waals surface area contributed by atoms with Gasteiger partial charge in [-0.1, -0.05) is 12.2 Å². The molecule has 1 N–H and O–H groups in total. The van der Waals surface area contributed by atoms with Crippen molar-refractivity contribution >= 4 is 11.9 Å². The van der Waals surface area contributed by atoms with Crippen LogP contribution in [0.15, 0.2) is 12.2 Å². The molecule has 0 unspecified atom stereocenters. The van der Waals surface area contributed by atoms with Crippen molar-refractivity contribution in [1.82, 2.24) is 4.90 Å². The third-order valence-electron chi connectivity index (χ3n) is 4.70. The molecule has 1 saturated heterocycles. The standard InChI is InChI=1S/C14H19NO3/c16-13(15-6-2-1-3-7-15)11-9-4-5-10(8-9)12(11)14(17)18/h4-5,9-12H,1-3,6-8H2,(H,17,18)/t9-,10+,11+,12+/m1/s1. The molecule has 2 fully saturated rings. The first-order chi connectivity index (χ1) is 8.68. The molecule has 18 heavy (non-hydrogen) atoms. The highest BCUT2D eigenvalue weighted by molar-refractivity contribution is 5.87. The Kier molecular flexibility index (Phi) is 2.88. The van der Waals surface area contributed by atoms with Gasteiger partial charge in [0.15, 0.2) is 0 Å². The van der Waals surface area contributed by atoms with Crippen LogP contribution >= 0.6 is 0 Å². The van der Waals surface area contributed by atoms with E-state index in [2.05, 4.69) is 6.08 Å². The number of fused-ring (bicyclic) bond motifs is 2. The summed E-state index contributed by atoms with van der Waals surface area (Å²) in [5, 5.41) is 9.35. The van der Waals surface area contributed by atoms with Gasteiger partial charge in [0, 0.05) is 13.1 Å². The first-order valence-electron chi connectivity index (χ1n) is 6.88. The van der Waals surface area contributed by atoms with Gasteiger partial charge in [-0.05, 0) is 37.5 Å². The van der Waals surface area contributed by atoms with Crippen molar-refractivity contribution in [3.05, 3.63) is 12.2 Å². The monoisotopic (exact) mass is 249 g/mol. The van der Waals surface area contributed by atoms with Crippen LogP contribution in [0.4, 0.5) is 0 Å². The summed E-state index contributed by atoms with van der Waals surface area (Å²) in [6.45, 7) is 1.62. The van der Waals surface area contributed by atoms with Crippen molar-refractivity contribution < 1.29 is 14.7 Å². The van der Waals surface area contributed by atoms with Gasteiger partial charge in [-0.3, -0.25) is 9.59 Å². The molecule has 1 heterocycles. The van der Waals surface area contributed by atoms with E-state index in [4.69, 9.17) is 0 Å². The van der Waals surface area contributed by atoms with Crippen molar-refractivity contribution in [2.45, 2.75) is 25.7 Å². The SMILES string of the molecule is O=C(O)[C@@H]1[C@@H](C(=O)N2CCCCC2)[C@@H]2C=C[C@H]1C2. The van der Waals surface area contributed by atoms with Crippen LogP contribution in [0.5, 0.6) is 0 Å². The average Bonchev–Trinajstić information content (AvgIpc) is 2.99. The molecule has 2 bridgehead atoms. The second kappa shape index (κ2) is 4.41. The number of rotatable bonds is 2. The highest BCUT2D eigenvalue weighted by atomic mass is 16.4. The van der Waals surface area contributed by atoms with Crippen LogP contribution in [0.2, 0.25) is 0 Å². The maximum Gasteiger partial charge on any atom is 0.307 e. The summed E-state index contributed by atoms with van der Waals surface area (Å²) < 4.78 is 0. The van der Waals surface area contributed by atoms with Crippen LogP contribution in [-0.4, -0.2) is 35.0 Å². The van der Waals surface area contributed by atoms with E-state index in [1.807, 2.05) is 11.0 Å². The summed E-state index contributed by atoms with van der Waals surface area (Å²) in [5.41, 5.74) is 0. The number of carbonyl (C=O) groups excluding carboxylic acids is 1. The van der Waals surface area contributed by atoms with Crippen molar-refractivity contribution in [2.75, 3.05) is 13.1 Å². The Hall–Kier alpha value is -1.32. The Morgan fingerprint density at radius 3 is 2.22 bits per heavy atom. The first kappa shape index (κ1) is 11.8. The number of amides is 1. The minimum atomic E-state index is -0.804. The number of nitrogens with zero attached hydrogens (tertiary/aromatic N) is 1. The molecule has 4 nitrogen and oxygen atoms in total. The molecule has 98 valence electrons. The van der Waals surface area contributed by atoms with E-state index in [-0.39, 0.29) is 23.7 Å². The number of likely N-dealkylation sites (tertiary alicyclic amines) is 1. The number of piperidine rings is 1. The zero-order chi connectivity index (χ0) is 12.7. The van der Waals surface area contributed by atoms with E-state index in [9.17, 15) is 14.7 Å². The fourth-order valence-corrected chi connectivity index (χ4v) is 3.82. The van der Waals surface area contributed by atoms with Gasteiger partial charge in [-0.2, -0.15) is 0 Å². The maximum atomic E-state index is 12.5. The molecule has 2 aliphatic carbocycles. The van der Waals surface area contributed by atoms with Crippen LogP contribution in [-0.2, 0) is 9.59 Å². The quantitative estimate of drug-likeness (QED) is 0.755. The van der Waals surface area contributed by atoms with Gasteiger partial charge >= 0.3 is 5.97 Å². The normalized spacial score (nSPS) is 38.1. The topological polar surface area (TPSA) is 57.6 Å². The number of carboxylic acids is 1. The van der Waals surface area contributed by atoms with Gasteiger partial charge in [0.2, 0.25) is 5.91 Å². The summed E-state index contributed by atoms with van der Waals surface area (Å²) in [7, 11) is 0. The van der Waals surface area contributed by atoms with Crippen LogP contribution < -0.4 is 0 Å². The predicted octanol–water partition coefficient (Wildman–Crippen LogP) is 1.52. The molecule has 3 rings (SSSR count). The number of aliphatic carboxylic acids is 1. The van der Waals surface area contributed by atoms with Crippen molar-refractivity contribution in [1.29, 1.82) is 0 Å². The van der Waals surface area contributed by atoms with Crippen LogP contribution in [0.25, 0.3) is 0 Å². The van der Waals surface area contributed by atoms with E-state index < -0.39 is 11.9 Å². The number of carbonyl (C=O) groups is 2. The van der Waals surface area contributed by atoms with Gasteiger partial charge in [0.05, 0.1) is 11.8 Å². The van der Waals surface area contributed by atoms with Crippen molar-refractivity contribution in [2.24, 2.45) is 23.7 Å². The van der Waals surface area contributed by atoms with Gasteiger partial charge < -0.3 is 10.0 Å². The lowest BCUT2D eigenvalue weighted by Gasteiger charge is -2.33. The zero-order valence-corrected chi connectivity index (χ0v) is 10.4. The highest BCUT2D eigenvalue weighted by Gasteiger charge is 2.52. The third kappa shape index (κ3) is 1.74. The second-order valence-electron chi connectivity index (χ2n) is 5.72. The van der Waals surface area contributed by atoms with Gasteiger partial charge in [-0.25, -0.2) is 0 Å². The molecule has 4 heteroatoms. The molecule has 4 atom stereocenters. The zero-order valence-electron chi connectivity index (χ0n) is 10.4. The molecule has 0 radical (unpaired) electrons. The largest absolute Gasteiger partial charge is 0.481 e. The van der Waals surface area contributed by atoms with E-state index in [1.165, 1.54) is 6.42 Å². The molecule has 0 aromatic carbocycles. The predicted molar refractivity (Wildman–Crippen MR) is 65.8 cm³/mol. The van der Waals surface area contributed by atoms with Crippen LogP contribution in [0.1, 0.15) is 25.7 Å². The molecular formula is C14H19NO3. The average molecular weight is 249 g/mol. The van der Waals surface area contributed by atoms with Crippen LogP contribution in [0, 0.1) is 23.7 Å². The minimum Gasteiger partial charge on any atom is -0.481 e. The Morgan fingerprint density at radius 2 is 1.61 bits per heavy atom. The Balaban J connectivity index is 1.79. The summed E-state index contributed by atoms with van der Waals surface area (Å²) in [6.07, 6.45) is 8.18. The first-order valence-corrected chi connectivity index (χ1v) is 6.88. The highest BCUT2D eigenvalue weighted by Crippen LogP contribution is 2.48. The molecule has 0 spiro atoms. The molecular weight excluding hydrogens is 230 g/mol. The molecule has 3 aliphatic rings. The number of carboxylic acid groups (broad SMARTS) is 1. The Morgan fingerprint density at radius 1 is 1.00 bits per heavy atom. The number of hydrogen-bond acceptors (Lipinski definition) is 2. The van der Waals surface area contributed by atoms with E-state index in [1.54, 1.807) is 0 Å². The Bertz CT molecular complexity index is 398. The second-order valence-corrected chi connectivity index (χ2v) is 5.72. The lowest BCUT2D eigenvalue weighted by atomic mass is 9.82. The van der Waals surface area contributed by atoms with Gasteiger partial charge in [0.1, 0.15) is 0 Å². The summed E-state index contributed by atoms with van der Waals surface area (Å²) in [5.74, 6) is -1.29. The molecule has 0 aromatic rings. The minimum absolute atomic E-state index is 0.0752. The van der Waals surface area contributed by atoms with E-state index in [0.717, 1.165) is 32.4 Å². The van der Waals surface area contributed by atoms with Gasteiger partial charge in [0.25, 0.3) is 0 Å². The summed E-state index contributed by atoms with van der Waals surface area (Å²) >= 11 is 0. The smallest absolute Gasteiger partial charge is 0.307 e. The van der Waals surface area contributed by atoms with Crippen molar-refractivity contribution in [3.8, 4) is 0 Å². The van der Waals surface area contributed by atoms with E-state index >= 15 is 0 Å². The van der Waals surface area contributed by atoms with Crippen LogP contribution in [0.3, 0.4) is 0 Å². The number of hydrogen-bond donors (Lipinski definition) is 1. The lowest BCUT2D eigenvalue weighted by molar-refractivity contribution is -0.151. The van der Waals surface area contributed by atoms with Gasteiger partial charge in [-0.15, -0.1) is 0 Å². The lowest BCUT2D eigenvalue weighted by Crippen LogP contribution is -2.44. The molecule has 1 saturated carbocycles.